The topological polar surface area (TPSA) is 55.4 Å². The maximum absolute atomic E-state index is 12.9. The number of esters is 1. The third-order valence-electron chi connectivity index (χ3n) is 7.81. The normalized spacial score (nSPS) is 46.8. The summed E-state index contributed by atoms with van der Waals surface area (Å²) in [5, 5.41) is 3.09. The van der Waals surface area contributed by atoms with Gasteiger partial charge in [0.1, 0.15) is 0 Å². The molecule has 5 aliphatic carbocycles. The van der Waals surface area contributed by atoms with E-state index in [-0.39, 0.29) is 29.4 Å². The lowest BCUT2D eigenvalue weighted by Crippen LogP contribution is -2.56. The molecule has 0 heterocycles. The summed E-state index contributed by atoms with van der Waals surface area (Å²) in [5.74, 6) is 1.87. The van der Waals surface area contributed by atoms with Crippen molar-refractivity contribution in [3.63, 3.8) is 0 Å². The van der Waals surface area contributed by atoms with Gasteiger partial charge in [0, 0.05) is 10.9 Å². The van der Waals surface area contributed by atoms with Gasteiger partial charge in [-0.2, -0.15) is 0 Å². The Morgan fingerprint density at radius 3 is 2.46 bits per heavy atom. The van der Waals surface area contributed by atoms with Crippen LogP contribution in [0.4, 0.5) is 0 Å². The summed E-state index contributed by atoms with van der Waals surface area (Å²) in [5.41, 5.74) is -0.432. The zero-order valence-corrected chi connectivity index (χ0v) is 16.8. The second-order valence-electron chi connectivity index (χ2n) is 9.91. The van der Waals surface area contributed by atoms with Gasteiger partial charge < -0.3 is 10.1 Å². The highest BCUT2D eigenvalue weighted by atomic mass is 35.5. The fourth-order valence-electron chi connectivity index (χ4n) is 6.71. The predicted molar refractivity (Wildman–Crippen MR) is 101 cm³/mol. The van der Waals surface area contributed by atoms with E-state index in [4.69, 9.17) is 16.3 Å². The number of ether oxygens (including phenoxy) is 1. The summed E-state index contributed by atoms with van der Waals surface area (Å²) < 4.78 is 5.53. The Labute approximate surface area is 161 Å². The van der Waals surface area contributed by atoms with E-state index < -0.39 is 5.41 Å². The van der Waals surface area contributed by atoms with E-state index in [0.29, 0.717) is 23.7 Å². The molecule has 0 aliphatic heterocycles. The number of rotatable bonds is 4. The Morgan fingerprint density at radius 2 is 1.81 bits per heavy atom. The molecule has 4 nitrogen and oxygen atoms in total. The first-order chi connectivity index (χ1) is 12.3. The van der Waals surface area contributed by atoms with Crippen molar-refractivity contribution in [1.82, 2.24) is 5.32 Å². The van der Waals surface area contributed by atoms with Crippen molar-refractivity contribution < 1.29 is 14.3 Å². The first kappa shape index (κ1) is 18.6. The molecule has 5 heteroatoms. The summed E-state index contributed by atoms with van der Waals surface area (Å²) in [6, 6.07) is 0.204. The van der Waals surface area contributed by atoms with Crippen LogP contribution in [0.15, 0.2) is 0 Å². The van der Waals surface area contributed by atoms with Crippen LogP contribution in [0.1, 0.15) is 71.6 Å². The van der Waals surface area contributed by atoms with Crippen LogP contribution in [0.2, 0.25) is 0 Å². The minimum atomic E-state index is -0.432. The van der Waals surface area contributed by atoms with Gasteiger partial charge in [-0.05, 0) is 68.6 Å². The number of carbonyl (C=O) groups excluding carboxylic acids is 2. The number of carbonyl (C=O) groups is 2. The Morgan fingerprint density at radius 1 is 1.12 bits per heavy atom. The van der Waals surface area contributed by atoms with E-state index >= 15 is 0 Å². The molecule has 26 heavy (non-hydrogen) atoms. The highest BCUT2D eigenvalue weighted by Crippen LogP contribution is 2.64. The van der Waals surface area contributed by atoms with Crippen LogP contribution in [-0.4, -0.2) is 29.4 Å². The van der Waals surface area contributed by atoms with Crippen molar-refractivity contribution in [3.05, 3.63) is 0 Å². The van der Waals surface area contributed by atoms with Crippen LogP contribution in [0.3, 0.4) is 0 Å². The lowest BCUT2D eigenvalue weighted by Gasteiger charge is -2.58. The quantitative estimate of drug-likeness (QED) is 0.590. The number of hydrogen-bond donors (Lipinski definition) is 1. The molecule has 5 atom stereocenters. The fraction of sp³-hybridized carbons (Fsp3) is 0.905. The molecule has 146 valence electrons. The SMILES string of the molecule is C[C@H]1[C@H](C)CCC[C@H]1NC(=O)COC(=O)C12C[C@H]3C[C@@H](CC(Cl)(C3)C1)C2. The van der Waals surface area contributed by atoms with Crippen molar-refractivity contribution in [1.29, 1.82) is 0 Å². The molecule has 0 unspecified atom stereocenters. The standard InChI is InChI=1S/C21H32ClNO3/c1-13-4-3-5-17(14(13)2)23-18(24)11-26-19(25)20-7-15-6-16(8-20)10-21(22,9-15)12-20/h13-17H,3-12H2,1-2H3,(H,23,24)/t13-,14+,15-,16-,17-,20?,21?/m1/s1. The monoisotopic (exact) mass is 381 g/mol. The third kappa shape index (κ3) is 3.39. The predicted octanol–water partition coefficient (Wildman–Crippen LogP) is 4.05. The summed E-state index contributed by atoms with van der Waals surface area (Å²) in [7, 11) is 0. The molecule has 1 N–H and O–H groups in total. The maximum atomic E-state index is 12.9. The van der Waals surface area contributed by atoms with Gasteiger partial charge >= 0.3 is 5.97 Å². The van der Waals surface area contributed by atoms with E-state index in [9.17, 15) is 9.59 Å². The van der Waals surface area contributed by atoms with Crippen molar-refractivity contribution in [2.24, 2.45) is 29.1 Å². The van der Waals surface area contributed by atoms with Gasteiger partial charge in [-0.15, -0.1) is 11.6 Å². The van der Waals surface area contributed by atoms with Crippen LogP contribution in [0.5, 0.6) is 0 Å². The molecule has 0 aromatic heterocycles. The molecule has 5 aliphatic rings. The summed E-state index contributed by atoms with van der Waals surface area (Å²) in [4.78, 5) is 25.0. The largest absolute Gasteiger partial charge is 0.455 e. The summed E-state index contributed by atoms with van der Waals surface area (Å²) >= 11 is 6.80. The van der Waals surface area contributed by atoms with Gasteiger partial charge in [0.05, 0.1) is 5.41 Å². The zero-order chi connectivity index (χ0) is 18.5. The average Bonchev–Trinajstić information content (AvgIpc) is 2.54. The molecule has 4 bridgehead atoms. The number of nitrogens with one attached hydrogen (secondary N) is 1. The van der Waals surface area contributed by atoms with Crippen LogP contribution in [0, 0.1) is 29.1 Å². The molecule has 0 aromatic carbocycles. The third-order valence-corrected chi connectivity index (χ3v) is 8.25. The van der Waals surface area contributed by atoms with E-state index in [1.54, 1.807) is 0 Å². The van der Waals surface area contributed by atoms with Crippen molar-refractivity contribution in [2.45, 2.75) is 82.6 Å². The van der Waals surface area contributed by atoms with E-state index in [1.807, 2.05) is 0 Å². The first-order valence-corrected chi connectivity index (χ1v) is 10.8. The fourth-order valence-corrected chi connectivity index (χ4v) is 7.40. The molecule has 5 saturated carbocycles. The number of hydrogen-bond acceptors (Lipinski definition) is 3. The van der Waals surface area contributed by atoms with Gasteiger partial charge in [-0.3, -0.25) is 9.59 Å². The van der Waals surface area contributed by atoms with Crippen LogP contribution < -0.4 is 5.32 Å². The second kappa shape index (κ2) is 6.68. The van der Waals surface area contributed by atoms with Gasteiger partial charge in [0.2, 0.25) is 0 Å². The van der Waals surface area contributed by atoms with Crippen LogP contribution in [0.25, 0.3) is 0 Å². The Hall–Kier alpha value is -0.770. The number of alkyl halides is 1. The second-order valence-corrected chi connectivity index (χ2v) is 10.7. The molecule has 5 fully saturated rings. The Kier molecular flexibility index (Phi) is 4.78. The Balaban J connectivity index is 1.32. The maximum Gasteiger partial charge on any atom is 0.312 e. The van der Waals surface area contributed by atoms with Crippen LogP contribution in [-0.2, 0) is 14.3 Å². The summed E-state index contributed by atoms with van der Waals surface area (Å²) in [6.07, 6.45) is 9.22. The number of amides is 1. The molecule has 0 radical (unpaired) electrons. The molecule has 0 spiro atoms. The molecular weight excluding hydrogens is 350 g/mol. The summed E-state index contributed by atoms with van der Waals surface area (Å²) in [6.45, 7) is 4.30. The highest BCUT2D eigenvalue weighted by molar-refractivity contribution is 6.24. The zero-order valence-electron chi connectivity index (χ0n) is 16.1. The molecule has 1 amide bonds. The van der Waals surface area contributed by atoms with Crippen molar-refractivity contribution in [3.8, 4) is 0 Å². The van der Waals surface area contributed by atoms with E-state index in [1.165, 1.54) is 12.8 Å². The lowest BCUT2D eigenvalue weighted by molar-refractivity contribution is -0.172. The highest BCUT2D eigenvalue weighted by Gasteiger charge is 2.60. The first-order valence-electron chi connectivity index (χ1n) is 10.4. The number of halogens is 1. The van der Waals surface area contributed by atoms with Crippen LogP contribution >= 0.6 is 11.6 Å². The van der Waals surface area contributed by atoms with Crippen molar-refractivity contribution in [2.75, 3.05) is 6.61 Å². The minimum absolute atomic E-state index is 0.150. The van der Waals surface area contributed by atoms with Crippen molar-refractivity contribution >= 4 is 23.5 Å². The smallest absolute Gasteiger partial charge is 0.312 e. The van der Waals surface area contributed by atoms with E-state index in [2.05, 4.69) is 19.2 Å². The van der Waals surface area contributed by atoms with Gasteiger partial charge in [0.25, 0.3) is 5.91 Å². The van der Waals surface area contributed by atoms with E-state index in [0.717, 1.165) is 44.9 Å². The molecule has 0 aromatic rings. The average molecular weight is 382 g/mol. The van der Waals surface area contributed by atoms with Gasteiger partial charge in [-0.25, -0.2) is 0 Å². The molecule has 5 rings (SSSR count). The molecular formula is C21H32ClNO3. The van der Waals surface area contributed by atoms with Gasteiger partial charge in [0.15, 0.2) is 6.61 Å². The minimum Gasteiger partial charge on any atom is -0.455 e. The lowest BCUT2D eigenvalue weighted by atomic mass is 9.49. The molecule has 0 saturated heterocycles. The van der Waals surface area contributed by atoms with Gasteiger partial charge in [-0.1, -0.05) is 26.7 Å². The Bertz CT molecular complexity index is 578.